The predicted molar refractivity (Wildman–Crippen MR) is 124 cm³/mol. The highest BCUT2D eigenvalue weighted by Crippen LogP contribution is 2.43. The van der Waals surface area contributed by atoms with Gasteiger partial charge in [-0.15, -0.1) is 0 Å². The standard InChI is InChI=1S/C25H28N4O4/c30-22(27-18-10-6-14-26-15-18)21-23(31)28-24(32)25(29-21,17-8-2-1-3-9-17)20-13-12-16-7-4-5-11-19(16)33-20/h1-3,6,8-10,14-16,19-20,29,31H,4-5,7,11-13H2,(H,27,30)(H,28,32). The number of pyridine rings is 1. The molecule has 172 valence electrons. The Hall–Kier alpha value is -3.39. The van der Waals surface area contributed by atoms with Crippen LogP contribution in [-0.2, 0) is 15.1 Å². The number of aliphatic imine (C=N–C) groups is 1. The van der Waals surface area contributed by atoms with Crippen LogP contribution in [0.1, 0.15) is 44.1 Å². The molecule has 33 heavy (non-hydrogen) atoms. The average Bonchev–Trinajstić information content (AvgIpc) is 2.85. The summed E-state index contributed by atoms with van der Waals surface area (Å²) in [4.78, 5) is 21.1. The van der Waals surface area contributed by atoms with E-state index in [1.54, 1.807) is 18.3 Å². The van der Waals surface area contributed by atoms with Crippen molar-refractivity contribution in [2.75, 3.05) is 5.32 Å². The highest BCUT2D eigenvalue weighted by Gasteiger charge is 2.53. The number of benzene rings is 1. The van der Waals surface area contributed by atoms with Gasteiger partial charge in [0, 0.05) is 6.20 Å². The summed E-state index contributed by atoms with van der Waals surface area (Å²) in [5.41, 5.74) is -0.232. The zero-order valence-corrected chi connectivity index (χ0v) is 18.3. The Morgan fingerprint density at radius 3 is 2.67 bits per heavy atom. The molecule has 2 aromatic rings. The number of amides is 1. The van der Waals surface area contributed by atoms with Gasteiger partial charge in [-0.05, 0) is 49.3 Å². The molecule has 2 fully saturated rings. The summed E-state index contributed by atoms with van der Waals surface area (Å²) in [5, 5.41) is 27.5. The van der Waals surface area contributed by atoms with Crippen LogP contribution in [0.4, 0.5) is 5.69 Å². The van der Waals surface area contributed by atoms with E-state index in [0.29, 0.717) is 23.6 Å². The van der Waals surface area contributed by atoms with Crippen LogP contribution in [0.25, 0.3) is 0 Å². The molecule has 2 aliphatic heterocycles. The summed E-state index contributed by atoms with van der Waals surface area (Å²) in [6.07, 6.45) is 8.93. The third kappa shape index (κ3) is 3.95. The van der Waals surface area contributed by atoms with Crippen LogP contribution >= 0.6 is 0 Å². The van der Waals surface area contributed by atoms with E-state index in [0.717, 1.165) is 25.7 Å². The lowest BCUT2D eigenvalue weighted by Gasteiger charge is -2.48. The van der Waals surface area contributed by atoms with Crippen LogP contribution < -0.4 is 10.6 Å². The van der Waals surface area contributed by atoms with Crippen molar-refractivity contribution in [2.45, 2.75) is 56.3 Å². The molecule has 1 aliphatic carbocycles. The first kappa shape index (κ1) is 21.5. The average molecular weight is 449 g/mol. The maximum atomic E-state index is 13.1. The molecule has 1 amide bonds. The minimum Gasteiger partial charge on any atom is -0.494 e. The van der Waals surface area contributed by atoms with Crippen LogP contribution in [-0.4, -0.2) is 39.2 Å². The number of nitrogens with one attached hydrogen (secondary N) is 2. The number of fused-ring (bicyclic) bond motifs is 1. The largest absolute Gasteiger partial charge is 0.494 e. The van der Waals surface area contributed by atoms with E-state index in [1.807, 2.05) is 30.3 Å². The Balaban J connectivity index is 1.51. The smallest absolute Gasteiger partial charge is 0.277 e. The molecule has 0 spiro atoms. The molecule has 1 aromatic heterocycles. The Kier molecular flexibility index (Phi) is 5.76. The minimum absolute atomic E-state index is 0.111. The first-order chi connectivity index (χ1) is 16.1. The second-order valence-electron chi connectivity index (χ2n) is 8.91. The van der Waals surface area contributed by atoms with Gasteiger partial charge in [0.25, 0.3) is 5.91 Å². The number of aromatic nitrogens is 1. The molecular weight excluding hydrogens is 420 g/mol. The maximum absolute atomic E-state index is 13.1. The minimum atomic E-state index is -1.29. The van der Waals surface area contributed by atoms with Crippen LogP contribution in [0.2, 0.25) is 0 Å². The van der Waals surface area contributed by atoms with E-state index in [-0.39, 0.29) is 17.7 Å². The molecular formula is C25H28N4O4. The number of nitrogens with zero attached hydrogens (tertiary/aromatic N) is 2. The van der Waals surface area contributed by atoms with Crippen molar-refractivity contribution in [3.8, 4) is 0 Å². The molecule has 4 N–H and O–H groups in total. The Morgan fingerprint density at radius 1 is 1.06 bits per heavy atom. The summed E-state index contributed by atoms with van der Waals surface area (Å²) in [6, 6.07) is 12.8. The van der Waals surface area contributed by atoms with E-state index in [2.05, 4.69) is 20.6 Å². The van der Waals surface area contributed by atoms with Gasteiger partial charge in [0.1, 0.15) is 0 Å². The topological polar surface area (TPSA) is 116 Å². The van der Waals surface area contributed by atoms with Gasteiger partial charge < -0.3 is 25.6 Å². The molecule has 0 radical (unpaired) electrons. The fourth-order valence-electron chi connectivity index (χ4n) is 5.30. The van der Waals surface area contributed by atoms with Crippen LogP contribution in [0, 0.1) is 5.92 Å². The zero-order valence-electron chi connectivity index (χ0n) is 18.3. The molecule has 4 unspecified atom stereocenters. The van der Waals surface area contributed by atoms with Gasteiger partial charge in [-0.3, -0.25) is 9.78 Å². The van der Waals surface area contributed by atoms with Crippen molar-refractivity contribution >= 4 is 17.5 Å². The number of aliphatic hydroxyl groups is 2. The van der Waals surface area contributed by atoms with E-state index in [4.69, 9.17) is 4.74 Å². The monoisotopic (exact) mass is 448 g/mol. The third-order valence-corrected chi connectivity index (χ3v) is 6.95. The van der Waals surface area contributed by atoms with Gasteiger partial charge in [0.2, 0.25) is 11.8 Å². The summed E-state index contributed by atoms with van der Waals surface area (Å²) >= 11 is 0. The molecule has 3 heterocycles. The van der Waals surface area contributed by atoms with Gasteiger partial charge >= 0.3 is 0 Å². The number of hydrogen-bond donors (Lipinski definition) is 4. The summed E-state index contributed by atoms with van der Waals surface area (Å²) in [7, 11) is 0. The molecule has 8 nitrogen and oxygen atoms in total. The van der Waals surface area contributed by atoms with E-state index in [1.165, 1.54) is 12.6 Å². The van der Waals surface area contributed by atoms with Crippen LogP contribution in [0.15, 0.2) is 71.4 Å². The van der Waals surface area contributed by atoms with E-state index in [9.17, 15) is 15.0 Å². The van der Waals surface area contributed by atoms with Gasteiger partial charge in [-0.25, -0.2) is 0 Å². The maximum Gasteiger partial charge on any atom is 0.277 e. The van der Waals surface area contributed by atoms with Gasteiger partial charge in [0.05, 0.1) is 24.1 Å². The summed E-state index contributed by atoms with van der Waals surface area (Å²) < 4.78 is 6.59. The van der Waals surface area contributed by atoms with Crippen LogP contribution in [0.3, 0.4) is 0 Å². The fraction of sp³-hybridized carbons (Fsp3) is 0.400. The molecule has 3 aliphatic rings. The number of aliphatic hydroxyl groups excluding tert-OH is 2. The summed E-state index contributed by atoms with van der Waals surface area (Å²) in [6.45, 7) is 0. The van der Waals surface area contributed by atoms with E-state index >= 15 is 0 Å². The SMILES string of the molecule is O=C(Nc1cccnc1)C1=C(O)N=C(O)C(c2ccccc2)(C2CCC3CCCCC3O2)N1. The Bertz CT molecular complexity index is 1070. The molecule has 4 atom stereocenters. The molecule has 5 rings (SSSR count). The van der Waals surface area contributed by atoms with Crippen molar-refractivity contribution in [2.24, 2.45) is 10.9 Å². The number of rotatable bonds is 4. The number of ether oxygens (including phenoxy) is 1. The van der Waals surface area contributed by atoms with Crippen LogP contribution in [0.5, 0.6) is 0 Å². The fourth-order valence-corrected chi connectivity index (χ4v) is 5.30. The second-order valence-corrected chi connectivity index (χ2v) is 8.91. The van der Waals surface area contributed by atoms with Gasteiger partial charge in [-0.1, -0.05) is 43.2 Å². The van der Waals surface area contributed by atoms with Crippen molar-refractivity contribution in [1.82, 2.24) is 10.3 Å². The lowest BCUT2D eigenvalue weighted by molar-refractivity contribution is -0.125. The number of anilines is 1. The molecule has 8 heteroatoms. The lowest BCUT2D eigenvalue weighted by Crippen LogP contribution is -2.62. The summed E-state index contributed by atoms with van der Waals surface area (Å²) in [5.74, 6) is -0.957. The van der Waals surface area contributed by atoms with Gasteiger partial charge in [0.15, 0.2) is 11.2 Å². The second kappa shape index (κ2) is 8.86. The van der Waals surface area contributed by atoms with Crippen molar-refractivity contribution in [1.29, 1.82) is 0 Å². The Labute approximate surface area is 192 Å². The highest BCUT2D eigenvalue weighted by atomic mass is 16.5. The Morgan fingerprint density at radius 2 is 1.88 bits per heavy atom. The molecule has 1 saturated heterocycles. The first-order valence-corrected chi connectivity index (χ1v) is 11.5. The molecule has 0 bridgehead atoms. The molecule has 1 aromatic carbocycles. The lowest BCUT2D eigenvalue weighted by atomic mass is 9.74. The van der Waals surface area contributed by atoms with Crippen molar-refractivity contribution in [3.63, 3.8) is 0 Å². The zero-order chi connectivity index (χ0) is 22.8. The normalized spacial score (nSPS) is 29.5. The first-order valence-electron chi connectivity index (χ1n) is 11.5. The molecule has 1 saturated carbocycles. The van der Waals surface area contributed by atoms with E-state index < -0.39 is 23.4 Å². The van der Waals surface area contributed by atoms with Gasteiger partial charge in [-0.2, -0.15) is 4.99 Å². The number of hydrogen-bond acceptors (Lipinski definition) is 6. The van der Waals surface area contributed by atoms with Crippen molar-refractivity contribution < 1.29 is 19.7 Å². The van der Waals surface area contributed by atoms with Crippen molar-refractivity contribution in [3.05, 3.63) is 72.0 Å². The predicted octanol–water partition coefficient (Wildman–Crippen LogP) is 3.94. The number of carbonyl (C=O) groups is 1. The third-order valence-electron chi connectivity index (χ3n) is 6.95. The quantitative estimate of drug-likeness (QED) is 0.563. The number of carbonyl (C=O) groups excluding carboxylic acids is 1. The highest BCUT2D eigenvalue weighted by molar-refractivity contribution is 6.05.